The van der Waals surface area contributed by atoms with Crippen LogP contribution in [0.3, 0.4) is 0 Å². The van der Waals surface area contributed by atoms with Gasteiger partial charge in [-0.25, -0.2) is 8.42 Å². The molecule has 0 unspecified atom stereocenters. The van der Waals surface area contributed by atoms with Crippen LogP contribution in [0.2, 0.25) is 5.02 Å². The number of nitrogens with zero attached hydrogens (tertiary/aromatic N) is 1. The maximum Gasteiger partial charge on any atom is 0.272 e. The van der Waals surface area contributed by atoms with Crippen molar-refractivity contribution in [3.63, 3.8) is 0 Å². The lowest BCUT2D eigenvalue weighted by Gasteiger charge is -2.24. The van der Waals surface area contributed by atoms with Crippen LogP contribution in [0.1, 0.15) is 50.1 Å². The standard InChI is InChI=1S/C27H24ClNO5S/c1-15-12-17(3)25(13-16(15)2)35(32,33)29(27(31)20-6-8-21(28)9-7-20)22-10-11-24-23(14-22)26(18(4)30)19(5)34-24/h6-14H,1-5H3. The van der Waals surface area contributed by atoms with Crippen molar-refractivity contribution in [2.24, 2.45) is 0 Å². The fraction of sp³-hybridized carbons (Fsp3) is 0.185. The highest BCUT2D eigenvalue weighted by Gasteiger charge is 2.34. The van der Waals surface area contributed by atoms with E-state index < -0.39 is 15.9 Å². The van der Waals surface area contributed by atoms with Gasteiger partial charge in [0.2, 0.25) is 0 Å². The number of hydrogen-bond acceptors (Lipinski definition) is 5. The second-order valence-electron chi connectivity index (χ2n) is 8.55. The van der Waals surface area contributed by atoms with Crippen molar-refractivity contribution >= 4 is 50.0 Å². The number of benzene rings is 3. The van der Waals surface area contributed by atoms with Crippen molar-refractivity contribution in [3.05, 3.63) is 93.2 Å². The number of amides is 1. The number of aryl methyl sites for hydroxylation is 4. The SMILES string of the molecule is CC(=O)c1c(C)oc2ccc(N(C(=O)c3ccc(Cl)cc3)S(=O)(=O)c3cc(C)c(C)cc3C)cc12. The highest BCUT2D eigenvalue weighted by molar-refractivity contribution is 7.93. The number of ketones is 1. The molecular formula is C27H24ClNO5S. The summed E-state index contributed by atoms with van der Waals surface area (Å²) in [6, 6.07) is 13.9. The first-order valence-corrected chi connectivity index (χ1v) is 12.7. The molecule has 0 saturated heterocycles. The Balaban J connectivity index is 2.00. The van der Waals surface area contributed by atoms with Gasteiger partial charge in [0.25, 0.3) is 15.9 Å². The van der Waals surface area contributed by atoms with Gasteiger partial charge in [-0.3, -0.25) is 9.59 Å². The lowest BCUT2D eigenvalue weighted by molar-refractivity contribution is 0.1000. The molecule has 0 N–H and O–H groups in total. The normalized spacial score (nSPS) is 11.6. The number of carbonyl (C=O) groups excluding carboxylic acids is 2. The highest BCUT2D eigenvalue weighted by atomic mass is 35.5. The van der Waals surface area contributed by atoms with Crippen LogP contribution >= 0.6 is 11.6 Å². The van der Waals surface area contributed by atoms with E-state index in [0.717, 1.165) is 15.4 Å². The molecular weight excluding hydrogens is 486 g/mol. The van der Waals surface area contributed by atoms with E-state index in [0.29, 0.717) is 32.9 Å². The summed E-state index contributed by atoms with van der Waals surface area (Å²) in [5.74, 6) is -0.543. The minimum atomic E-state index is -4.34. The lowest BCUT2D eigenvalue weighted by atomic mass is 10.1. The quantitative estimate of drug-likeness (QED) is 0.284. The summed E-state index contributed by atoms with van der Waals surface area (Å²) in [6.07, 6.45) is 0. The molecule has 0 atom stereocenters. The Morgan fingerprint density at radius 3 is 2.11 bits per heavy atom. The van der Waals surface area contributed by atoms with Crippen LogP contribution in [0.4, 0.5) is 5.69 Å². The monoisotopic (exact) mass is 509 g/mol. The largest absolute Gasteiger partial charge is 0.461 e. The van der Waals surface area contributed by atoms with Crippen LogP contribution < -0.4 is 4.31 Å². The predicted octanol–water partition coefficient (Wildman–Crippen LogP) is 6.56. The molecule has 0 radical (unpaired) electrons. The van der Waals surface area contributed by atoms with E-state index in [1.54, 1.807) is 32.0 Å². The van der Waals surface area contributed by atoms with Gasteiger partial charge in [0.05, 0.1) is 16.1 Å². The van der Waals surface area contributed by atoms with Crippen LogP contribution in [0.25, 0.3) is 11.0 Å². The zero-order valence-corrected chi connectivity index (χ0v) is 21.5. The summed E-state index contributed by atoms with van der Waals surface area (Å²) < 4.78 is 34.6. The van der Waals surface area contributed by atoms with Crippen molar-refractivity contribution in [1.29, 1.82) is 0 Å². The number of carbonyl (C=O) groups is 2. The van der Waals surface area contributed by atoms with Gasteiger partial charge >= 0.3 is 0 Å². The Morgan fingerprint density at radius 2 is 1.49 bits per heavy atom. The van der Waals surface area contributed by atoms with Crippen LogP contribution in [0, 0.1) is 27.7 Å². The first-order chi connectivity index (χ1) is 16.4. The number of halogens is 1. The van der Waals surface area contributed by atoms with Crippen LogP contribution in [-0.2, 0) is 10.0 Å². The molecule has 0 saturated carbocycles. The average Bonchev–Trinajstić information content (AvgIpc) is 3.11. The summed E-state index contributed by atoms with van der Waals surface area (Å²) >= 11 is 5.98. The number of Topliss-reactive ketones (excluding diaryl/α,β-unsaturated/α-hetero) is 1. The van der Waals surface area contributed by atoms with E-state index in [4.69, 9.17) is 16.0 Å². The number of fused-ring (bicyclic) bond motifs is 1. The first-order valence-electron chi connectivity index (χ1n) is 10.9. The molecule has 3 aromatic carbocycles. The van der Waals surface area contributed by atoms with Gasteiger partial charge in [-0.05, 0) is 99.8 Å². The molecule has 8 heteroatoms. The number of anilines is 1. The Morgan fingerprint density at radius 1 is 0.857 bits per heavy atom. The van der Waals surface area contributed by atoms with Gasteiger partial charge in [-0.2, -0.15) is 4.31 Å². The third-order valence-electron chi connectivity index (χ3n) is 6.02. The van der Waals surface area contributed by atoms with Crippen molar-refractivity contribution in [2.45, 2.75) is 39.5 Å². The summed E-state index contributed by atoms with van der Waals surface area (Å²) in [7, 11) is -4.34. The van der Waals surface area contributed by atoms with E-state index in [2.05, 4.69) is 0 Å². The van der Waals surface area contributed by atoms with Crippen molar-refractivity contribution in [2.75, 3.05) is 4.31 Å². The fourth-order valence-corrected chi connectivity index (χ4v) is 5.99. The Kier molecular flexibility index (Phi) is 6.34. The maximum atomic E-state index is 14.0. The topological polar surface area (TPSA) is 84.7 Å². The Bertz CT molecular complexity index is 1600. The first kappa shape index (κ1) is 24.7. The van der Waals surface area contributed by atoms with Gasteiger partial charge in [0.1, 0.15) is 11.3 Å². The van der Waals surface area contributed by atoms with Crippen molar-refractivity contribution in [1.82, 2.24) is 0 Å². The Labute approximate surface area is 209 Å². The molecule has 0 aliphatic rings. The summed E-state index contributed by atoms with van der Waals surface area (Å²) in [5.41, 5.74) is 3.27. The lowest BCUT2D eigenvalue weighted by Crippen LogP contribution is -2.37. The molecule has 0 fully saturated rings. The van der Waals surface area contributed by atoms with Gasteiger partial charge in [0, 0.05) is 16.0 Å². The van der Waals surface area contributed by atoms with E-state index in [1.807, 2.05) is 13.8 Å². The maximum absolute atomic E-state index is 14.0. The van der Waals surface area contributed by atoms with E-state index in [9.17, 15) is 18.0 Å². The molecule has 4 rings (SSSR count). The Hall–Kier alpha value is -3.42. The zero-order valence-electron chi connectivity index (χ0n) is 20.0. The molecule has 6 nitrogen and oxygen atoms in total. The highest BCUT2D eigenvalue weighted by Crippen LogP contribution is 2.34. The second-order valence-corrected chi connectivity index (χ2v) is 10.7. The van der Waals surface area contributed by atoms with Crippen LogP contribution in [-0.4, -0.2) is 20.1 Å². The molecule has 1 amide bonds. The summed E-state index contributed by atoms with van der Waals surface area (Å²) in [6.45, 7) is 8.49. The molecule has 0 bridgehead atoms. The molecule has 0 spiro atoms. The van der Waals surface area contributed by atoms with Gasteiger partial charge in [-0.1, -0.05) is 17.7 Å². The number of furan rings is 1. The predicted molar refractivity (Wildman–Crippen MR) is 137 cm³/mol. The summed E-state index contributed by atoms with van der Waals surface area (Å²) in [5, 5.41) is 0.857. The minimum Gasteiger partial charge on any atom is -0.461 e. The average molecular weight is 510 g/mol. The molecule has 0 aliphatic carbocycles. The van der Waals surface area contributed by atoms with Crippen molar-refractivity contribution < 1.29 is 22.4 Å². The fourth-order valence-electron chi connectivity index (χ4n) is 4.16. The number of sulfonamides is 1. The minimum absolute atomic E-state index is 0.0261. The molecule has 35 heavy (non-hydrogen) atoms. The van der Waals surface area contributed by atoms with Gasteiger partial charge in [-0.15, -0.1) is 0 Å². The van der Waals surface area contributed by atoms with Crippen LogP contribution in [0.5, 0.6) is 0 Å². The molecule has 1 heterocycles. The molecule has 1 aromatic heterocycles. The number of rotatable bonds is 5. The molecule has 180 valence electrons. The van der Waals surface area contributed by atoms with E-state index in [1.165, 1.54) is 43.3 Å². The molecule has 4 aromatic rings. The van der Waals surface area contributed by atoms with E-state index in [-0.39, 0.29) is 21.9 Å². The summed E-state index contributed by atoms with van der Waals surface area (Å²) in [4.78, 5) is 26.0. The second kappa shape index (κ2) is 8.98. The van der Waals surface area contributed by atoms with Gasteiger partial charge < -0.3 is 4.42 Å². The number of hydrogen-bond donors (Lipinski definition) is 0. The van der Waals surface area contributed by atoms with Crippen molar-refractivity contribution in [3.8, 4) is 0 Å². The third kappa shape index (κ3) is 4.37. The van der Waals surface area contributed by atoms with Crippen LogP contribution in [0.15, 0.2) is 63.9 Å². The third-order valence-corrected chi connectivity index (χ3v) is 8.12. The van der Waals surface area contributed by atoms with E-state index >= 15 is 0 Å². The smallest absolute Gasteiger partial charge is 0.272 e. The zero-order chi connectivity index (χ0) is 25.7. The molecule has 0 aliphatic heterocycles. The van der Waals surface area contributed by atoms with Gasteiger partial charge in [0.15, 0.2) is 5.78 Å².